The quantitative estimate of drug-likeness (QED) is 0.588. The van der Waals surface area contributed by atoms with E-state index in [1.807, 2.05) is 36.4 Å². The van der Waals surface area contributed by atoms with E-state index in [9.17, 15) is 4.79 Å². The van der Waals surface area contributed by atoms with Crippen molar-refractivity contribution in [3.05, 3.63) is 58.1 Å². The number of hydrogen-bond acceptors (Lipinski definition) is 6. The molecule has 0 aliphatic carbocycles. The first-order valence-electron chi connectivity index (χ1n) is 8.53. The summed E-state index contributed by atoms with van der Waals surface area (Å²) in [6.07, 6.45) is 4.22. The summed E-state index contributed by atoms with van der Waals surface area (Å²) < 4.78 is 7.95. The lowest BCUT2D eigenvalue weighted by atomic mass is 10.1. The van der Waals surface area contributed by atoms with Crippen LogP contribution in [0.25, 0.3) is 6.08 Å². The second-order valence-electron chi connectivity index (χ2n) is 6.12. The maximum atomic E-state index is 12.5. The van der Waals surface area contributed by atoms with Gasteiger partial charge in [-0.1, -0.05) is 22.0 Å². The zero-order valence-corrected chi connectivity index (χ0v) is 17.3. The van der Waals surface area contributed by atoms with Crippen LogP contribution < -0.4 is 10.1 Å². The lowest BCUT2D eigenvalue weighted by Gasteiger charge is -2.09. The average Bonchev–Trinajstić information content (AvgIpc) is 3.30. The van der Waals surface area contributed by atoms with E-state index in [-0.39, 0.29) is 5.91 Å². The van der Waals surface area contributed by atoms with Crippen molar-refractivity contribution in [3.63, 3.8) is 0 Å². The maximum Gasteiger partial charge on any atom is 0.248 e. The number of fused-ring (bicyclic) bond motifs is 1. The predicted molar refractivity (Wildman–Crippen MR) is 110 cm³/mol. The molecule has 0 radical (unpaired) electrons. The molecule has 4 rings (SSSR count). The summed E-state index contributed by atoms with van der Waals surface area (Å²) in [6, 6.07) is 11.6. The Morgan fingerprint density at radius 2 is 2.21 bits per heavy atom. The Balaban J connectivity index is 1.49. The first kappa shape index (κ1) is 18.7. The number of rotatable bonds is 5. The first-order valence-corrected chi connectivity index (χ1v) is 10.1. The number of nitrogens with one attached hydrogen (secondary N) is 1. The Kier molecular flexibility index (Phi) is 5.45. The molecule has 0 unspecified atom stereocenters. The third-order valence-electron chi connectivity index (χ3n) is 4.12. The fourth-order valence-corrected chi connectivity index (χ4v) is 3.91. The topological polar surface area (TPSA) is 81.9 Å². The Bertz CT molecular complexity index is 1070. The summed E-state index contributed by atoms with van der Waals surface area (Å²) in [4.78, 5) is 13.3. The van der Waals surface area contributed by atoms with E-state index in [0.717, 1.165) is 27.1 Å². The van der Waals surface area contributed by atoms with Crippen molar-refractivity contribution in [1.82, 2.24) is 20.2 Å². The maximum absolute atomic E-state index is 12.5. The average molecular weight is 458 g/mol. The minimum atomic E-state index is -0.215. The molecule has 9 heteroatoms. The number of hydrogen-bond donors (Lipinski definition) is 1. The molecule has 0 atom stereocenters. The predicted octanol–water partition coefficient (Wildman–Crippen LogP) is 3.71. The highest BCUT2D eigenvalue weighted by Gasteiger charge is 2.13. The summed E-state index contributed by atoms with van der Waals surface area (Å²) >= 11 is 4.83. The van der Waals surface area contributed by atoms with Gasteiger partial charge < -0.3 is 10.1 Å². The first-order chi connectivity index (χ1) is 13.6. The van der Waals surface area contributed by atoms with E-state index in [4.69, 9.17) is 4.74 Å². The molecule has 1 aromatic heterocycles. The number of halogens is 1. The van der Waals surface area contributed by atoms with E-state index in [2.05, 4.69) is 36.8 Å². The monoisotopic (exact) mass is 457 g/mol. The Morgan fingerprint density at radius 1 is 1.32 bits per heavy atom. The normalized spacial score (nSPS) is 12.8. The van der Waals surface area contributed by atoms with Crippen LogP contribution in [0.2, 0.25) is 0 Å². The fourth-order valence-electron chi connectivity index (χ4n) is 2.75. The van der Waals surface area contributed by atoms with Crippen LogP contribution in [0, 0.1) is 0 Å². The highest BCUT2D eigenvalue weighted by Crippen LogP contribution is 2.34. The summed E-state index contributed by atoms with van der Waals surface area (Å²) in [7, 11) is 1.77. The summed E-state index contributed by atoms with van der Waals surface area (Å²) in [6.45, 7) is 0.716. The number of carbonyl (C=O) groups is 1. The third-order valence-corrected chi connectivity index (χ3v) is 5.72. The molecule has 7 nitrogen and oxygen atoms in total. The number of anilines is 1. The van der Waals surface area contributed by atoms with Gasteiger partial charge in [0.05, 0.1) is 12.3 Å². The van der Waals surface area contributed by atoms with Gasteiger partial charge in [-0.05, 0) is 69.7 Å². The van der Waals surface area contributed by atoms with Crippen molar-refractivity contribution in [2.45, 2.75) is 16.5 Å². The van der Waals surface area contributed by atoms with Gasteiger partial charge in [0.25, 0.3) is 0 Å². The molecule has 0 spiro atoms. The standard InChI is InChI=1S/C19H16BrN5O2S/c1-25-19(22-23-24-25)28-17-6-4-14(20)11-15(17)21-18(26)7-3-12-2-5-16-13(10-12)8-9-27-16/h2-7,10-11H,8-9H2,1H3,(H,21,26)/b7-3+. The second kappa shape index (κ2) is 8.15. The van der Waals surface area contributed by atoms with E-state index in [1.165, 1.54) is 23.4 Å². The Labute approximate surface area is 174 Å². The Hall–Kier alpha value is -2.65. The van der Waals surface area contributed by atoms with Crippen molar-refractivity contribution < 1.29 is 9.53 Å². The van der Waals surface area contributed by atoms with E-state index in [0.29, 0.717) is 17.5 Å². The molecule has 142 valence electrons. The molecule has 0 saturated carbocycles. The molecule has 1 amide bonds. The Morgan fingerprint density at radius 3 is 3.04 bits per heavy atom. The van der Waals surface area contributed by atoms with Gasteiger partial charge in [0.2, 0.25) is 11.1 Å². The largest absolute Gasteiger partial charge is 0.493 e. The van der Waals surface area contributed by atoms with Crippen molar-refractivity contribution in [1.29, 1.82) is 0 Å². The number of nitrogens with zero attached hydrogens (tertiary/aromatic N) is 4. The van der Waals surface area contributed by atoms with Crippen molar-refractivity contribution in [2.24, 2.45) is 7.05 Å². The van der Waals surface area contributed by atoms with Gasteiger partial charge in [0, 0.05) is 28.9 Å². The molecule has 3 aromatic rings. The minimum Gasteiger partial charge on any atom is -0.493 e. The van der Waals surface area contributed by atoms with Gasteiger partial charge >= 0.3 is 0 Å². The number of aryl methyl sites for hydroxylation is 1. The second-order valence-corrected chi connectivity index (χ2v) is 8.04. The molecule has 28 heavy (non-hydrogen) atoms. The van der Waals surface area contributed by atoms with Gasteiger partial charge in [-0.25, -0.2) is 4.68 Å². The number of carbonyl (C=O) groups excluding carboxylic acids is 1. The van der Waals surface area contributed by atoms with Crippen LogP contribution in [0.3, 0.4) is 0 Å². The fraction of sp³-hybridized carbons (Fsp3) is 0.158. The zero-order valence-electron chi connectivity index (χ0n) is 14.9. The van der Waals surface area contributed by atoms with Crippen LogP contribution in [0.15, 0.2) is 57.0 Å². The van der Waals surface area contributed by atoms with Crippen LogP contribution in [-0.4, -0.2) is 32.7 Å². The molecule has 1 aliphatic heterocycles. The van der Waals surface area contributed by atoms with Crippen LogP contribution >= 0.6 is 27.7 Å². The summed E-state index contributed by atoms with van der Waals surface area (Å²) in [5.74, 6) is 0.712. The smallest absolute Gasteiger partial charge is 0.248 e. The SMILES string of the molecule is Cn1nnnc1Sc1ccc(Br)cc1NC(=O)/C=C/c1ccc2c(c1)CCO2. The number of benzene rings is 2. The number of aromatic nitrogens is 4. The molecule has 2 heterocycles. The molecule has 0 fully saturated rings. The van der Waals surface area contributed by atoms with Crippen LogP contribution in [0.4, 0.5) is 5.69 Å². The van der Waals surface area contributed by atoms with E-state index < -0.39 is 0 Å². The van der Waals surface area contributed by atoms with Gasteiger partial charge in [-0.15, -0.1) is 5.10 Å². The molecule has 0 saturated heterocycles. The molecule has 1 N–H and O–H groups in total. The van der Waals surface area contributed by atoms with Crippen molar-refractivity contribution in [2.75, 3.05) is 11.9 Å². The van der Waals surface area contributed by atoms with Crippen molar-refractivity contribution >= 4 is 45.4 Å². The van der Waals surface area contributed by atoms with E-state index in [1.54, 1.807) is 17.8 Å². The molecular weight excluding hydrogens is 442 g/mol. The zero-order chi connectivity index (χ0) is 19.5. The van der Waals surface area contributed by atoms with Gasteiger partial charge in [-0.3, -0.25) is 4.79 Å². The molecular formula is C19H16BrN5O2S. The van der Waals surface area contributed by atoms with Gasteiger partial charge in [0.1, 0.15) is 5.75 Å². The number of amides is 1. The van der Waals surface area contributed by atoms with Crippen molar-refractivity contribution in [3.8, 4) is 5.75 Å². The lowest BCUT2D eigenvalue weighted by molar-refractivity contribution is -0.111. The van der Waals surface area contributed by atoms with E-state index >= 15 is 0 Å². The molecule has 0 bridgehead atoms. The highest BCUT2D eigenvalue weighted by molar-refractivity contribution is 9.10. The molecule has 1 aliphatic rings. The summed E-state index contributed by atoms with van der Waals surface area (Å²) in [5, 5.41) is 15.0. The number of tetrazole rings is 1. The van der Waals surface area contributed by atoms with Crippen LogP contribution in [0.5, 0.6) is 5.75 Å². The minimum absolute atomic E-state index is 0.215. The number of ether oxygens (including phenoxy) is 1. The third kappa shape index (κ3) is 4.26. The van der Waals surface area contributed by atoms with Crippen LogP contribution in [-0.2, 0) is 18.3 Å². The molecule has 2 aromatic carbocycles. The highest BCUT2D eigenvalue weighted by atomic mass is 79.9. The summed E-state index contributed by atoms with van der Waals surface area (Å²) in [5.41, 5.74) is 2.82. The van der Waals surface area contributed by atoms with Gasteiger partial charge in [0.15, 0.2) is 0 Å². The van der Waals surface area contributed by atoms with Gasteiger partial charge in [-0.2, -0.15) is 0 Å². The van der Waals surface area contributed by atoms with Crippen LogP contribution in [0.1, 0.15) is 11.1 Å². The lowest BCUT2D eigenvalue weighted by Crippen LogP contribution is -2.09.